The minimum Gasteiger partial charge on any atom is -0.339 e. The van der Waals surface area contributed by atoms with Crippen molar-refractivity contribution in [2.45, 2.75) is 44.0 Å². The van der Waals surface area contributed by atoms with Gasteiger partial charge in [0.15, 0.2) is 5.82 Å². The van der Waals surface area contributed by atoms with Crippen molar-refractivity contribution in [2.75, 3.05) is 24.7 Å². The van der Waals surface area contributed by atoms with Gasteiger partial charge in [-0.05, 0) is 57.4 Å². The molecule has 1 aromatic heterocycles. The molecule has 0 N–H and O–H groups in total. The van der Waals surface area contributed by atoms with E-state index in [0.29, 0.717) is 12.4 Å². The Morgan fingerprint density at radius 2 is 1.93 bits per heavy atom. The summed E-state index contributed by atoms with van der Waals surface area (Å²) in [6.07, 6.45) is 4.62. The van der Waals surface area contributed by atoms with Gasteiger partial charge >= 0.3 is 0 Å². The molecule has 1 fully saturated rings. The predicted molar refractivity (Wildman–Crippen MR) is 111 cm³/mol. The molecule has 0 radical (unpaired) electrons. The number of sulfonamides is 1. The molecule has 1 aromatic carbocycles. The molecule has 1 saturated heterocycles. The van der Waals surface area contributed by atoms with Crippen molar-refractivity contribution in [2.24, 2.45) is 0 Å². The molecule has 2 aliphatic heterocycles. The molecule has 4 rings (SSSR count). The summed E-state index contributed by atoms with van der Waals surface area (Å²) in [5.74, 6) is 0.253. The highest BCUT2D eigenvalue weighted by Crippen LogP contribution is 2.36. The summed E-state index contributed by atoms with van der Waals surface area (Å²) in [5, 5.41) is 0. The fraction of sp³-hybridized carbons (Fsp3) is 0.429. The molecular formula is C21H26N4O3S. The maximum absolute atomic E-state index is 13.2. The Morgan fingerprint density at radius 3 is 2.66 bits per heavy atom. The number of rotatable bonds is 3. The van der Waals surface area contributed by atoms with Crippen molar-refractivity contribution in [1.82, 2.24) is 14.2 Å². The van der Waals surface area contributed by atoms with Gasteiger partial charge in [-0.15, -0.1) is 0 Å². The van der Waals surface area contributed by atoms with Gasteiger partial charge in [-0.1, -0.05) is 17.7 Å². The van der Waals surface area contributed by atoms with E-state index in [1.54, 1.807) is 18.3 Å². The fourth-order valence-corrected chi connectivity index (χ4v) is 5.47. The van der Waals surface area contributed by atoms with Gasteiger partial charge in [0.25, 0.3) is 0 Å². The van der Waals surface area contributed by atoms with Crippen LogP contribution in [-0.4, -0.2) is 54.3 Å². The number of hydrogen-bond acceptors (Lipinski definition) is 5. The number of anilines is 2. The van der Waals surface area contributed by atoms with Crippen LogP contribution >= 0.6 is 0 Å². The Morgan fingerprint density at radius 1 is 1.17 bits per heavy atom. The zero-order chi connectivity index (χ0) is 20.6. The summed E-state index contributed by atoms with van der Waals surface area (Å²) in [6.45, 7) is 4.61. The Hall–Kier alpha value is -2.45. The van der Waals surface area contributed by atoms with Crippen molar-refractivity contribution in [1.29, 1.82) is 0 Å². The molecule has 1 atom stereocenters. The monoisotopic (exact) mass is 414 g/mol. The van der Waals surface area contributed by atoms with E-state index in [4.69, 9.17) is 0 Å². The molecular weight excluding hydrogens is 388 g/mol. The number of aromatic nitrogens is 1. The standard InChI is InChI=1S/C21H26N4O3S/c1-16-8-10-18(11-9-16)25-15-23(14-20(26)24-13-4-3-6-17(24)2)29(27,28)19-7-5-12-22-21(19)25/h5,7-12,17H,3-4,6,13-15H2,1-2H3/t17-/m0/s1. The van der Waals surface area contributed by atoms with E-state index in [0.717, 1.165) is 30.5 Å². The van der Waals surface area contributed by atoms with Gasteiger partial charge in [-0.2, -0.15) is 4.31 Å². The maximum Gasteiger partial charge on any atom is 0.248 e. The third kappa shape index (κ3) is 3.74. The molecule has 0 unspecified atom stereocenters. The van der Waals surface area contributed by atoms with Crippen molar-refractivity contribution in [3.05, 3.63) is 48.2 Å². The topological polar surface area (TPSA) is 73.8 Å². The van der Waals surface area contributed by atoms with Gasteiger partial charge in [0.2, 0.25) is 15.9 Å². The van der Waals surface area contributed by atoms with Crippen molar-refractivity contribution >= 4 is 27.4 Å². The molecule has 154 valence electrons. The fourth-order valence-electron chi connectivity index (χ4n) is 4.00. The van der Waals surface area contributed by atoms with Gasteiger partial charge < -0.3 is 9.80 Å². The summed E-state index contributed by atoms with van der Waals surface area (Å²) in [5.41, 5.74) is 1.96. The number of hydrogen-bond donors (Lipinski definition) is 0. The van der Waals surface area contributed by atoms with Crippen molar-refractivity contribution < 1.29 is 13.2 Å². The SMILES string of the molecule is Cc1ccc(N2CN(CC(=O)N3CCCC[C@@H]3C)S(=O)(=O)c3cccnc32)cc1. The second kappa shape index (κ2) is 7.76. The summed E-state index contributed by atoms with van der Waals surface area (Å²) in [7, 11) is -3.80. The van der Waals surface area contributed by atoms with E-state index in [1.807, 2.05) is 47.9 Å². The predicted octanol–water partition coefficient (Wildman–Crippen LogP) is 2.89. The Balaban J connectivity index is 1.68. The summed E-state index contributed by atoms with van der Waals surface area (Å²) >= 11 is 0. The summed E-state index contributed by atoms with van der Waals surface area (Å²) in [6, 6.07) is 11.2. The molecule has 7 nitrogen and oxygen atoms in total. The summed E-state index contributed by atoms with van der Waals surface area (Å²) in [4.78, 5) is 21.1. The smallest absolute Gasteiger partial charge is 0.248 e. The lowest BCUT2D eigenvalue weighted by Gasteiger charge is -2.38. The van der Waals surface area contributed by atoms with Gasteiger partial charge in [0, 0.05) is 24.5 Å². The second-order valence-electron chi connectivity index (χ2n) is 7.78. The van der Waals surface area contributed by atoms with E-state index < -0.39 is 10.0 Å². The lowest BCUT2D eigenvalue weighted by Crippen LogP contribution is -2.52. The minimum atomic E-state index is -3.80. The number of fused-ring (bicyclic) bond motifs is 1. The molecule has 0 spiro atoms. The number of pyridine rings is 1. The maximum atomic E-state index is 13.2. The third-order valence-corrected chi connectivity index (χ3v) is 7.50. The van der Waals surface area contributed by atoms with Crippen LogP contribution in [0.25, 0.3) is 0 Å². The average Bonchev–Trinajstić information content (AvgIpc) is 2.71. The number of carbonyl (C=O) groups is 1. The van der Waals surface area contributed by atoms with Crippen LogP contribution in [0.5, 0.6) is 0 Å². The van der Waals surface area contributed by atoms with Crippen LogP contribution in [0.4, 0.5) is 11.5 Å². The number of piperidine rings is 1. The first-order chi connectivity index (χ1) is 13.9. The van der Waals surface area contributed by atoms with Crippen LogP contribution in [0.1, 0.15) is 31.7 Å². The van der Waals surface area contributed by atoms with E-state index >= 15 is 0 Å². The molecule has 1 amide bonds. The highest BCUT2D eigenvalue weighted by Gasteiger charge is 2.39. The zero-order valence-electron chi connectivity index (χ0n) is 16.8. The summed E-state index contributed by atoms with van der Waals surface area (Å²) < 4.78 is 27.7. The average molecular weight is 415 g/mol. The normalized spacial score (nSPS) is 21.7. The number of benzene rings is 1. The van der Waals surface area contributed by atoms with Crippen LogP contribution in [0.3, 0.4) is 0 Å². The highest BCUT2D eigenvalue weighted by molar-refractivity contribution is 7.89. The number of amides is 1. The number of nitrogens with zero attached hydrogens (tertiary/aromatic N) is 4. The van der Waals surface area contributed by atoms with E-state index in [2.05, 4.69) is 4.98 Å². The van der Waals surface area contributed by atoms with Gasteiger partial charge in [0.05, 0.1) is 13.2 Å². The molecule has 3 heterocycles. The molecule has 2 aromatic rings. The van der Waals surface area contributed by atoms with Crippen LogP contribution < -0.4 is 4.90 Å². The Bertz CT molecular complexity index is 1010. The molecule has 0 aliphatic carbocycles. The van der Waals surface area contributed by atoms with Gasteiger partial charge in [0.1, 0.15) is 4.90 Å². The van der Waals surface area contributed by atoms with Gasteiger partial charge in [-0.3, -0.25) is 4.79 Å². The minimum absolute atomic E-state index is 0.0589. The van der Waals surface area contributed by atoms with E-state index in [9.17, 15) is 13.2 Å². The lowest BCUT2D eigenvalue weighted by molar-refractivity contribution is -0.134. The number of carbonyl (C=O) groups excluding carboxylic acids is 1. The zero-order valence-corrected chi connectivity index (χ0v) is 17.6. The van der Waals surface area contributed by atoms with Crippen molar-refractivity contribution in [3.63, 3.8) is 0 Å². The van der Waals surface area contributed by atoms with E-state index in [-0.39, 0.29) is 30.1 Å². The molecule has 0 bridgehead atoms. The quantitative estimate of drug-likeness (QED) is 0.772. The largest absolute Gasteiger partial charge is 0.339 e. The Labute approximate surface area is 172 Å². The van der Waals surface area contributed by atoms with Crippen molar-refractivity contribution in [3.8, 4) is 0 Å². The van der Waals surface area contributed by atoms with Crippen LogP contribution in [0, 0.1) is 6.92 Å². The molecule has 29 heavy (non-hydrogen) atoms. The number of likely N-dealkylation sites (tertiary alicyclic amines) is 1. The van der Waals surface area contributed by atoms with E-state index in [1.165, 1.54) is 4.31 Å². The van der Waals surface area contributed by atoms with Gasteiger partial charge in [-0.25, -0.2) is 13.4 Å². The highest BCUT2D eigenvalue weighted by atomic mass is 32.2. The molecule has 2 aliphatic rings. The third-order valence-electron chi connectivity index (χ3n) is 5.70. The number of aryl methyl sites for hydroxylation is 1. The first-order valence-electron chi connectivity index (χ1n) is 9.97. The first-order valence-corrected chi connectivity index (χ1v) is 11.4. The molecule has 8 heteroatoms. The van der Waals surface area contributed by atoms with Crippen LogP contribution in [0.2, 0.25) is 0 Å². The Kier molecular flexibility index (Phi) is 5.31. The molecule has 0 saturated carbocycles. The first kappa shape index (κ1) is 19.8. The van der Waals surface area contributed by atoms with Crippen LogP contribution in [0.15, 0.2) is 47.5 Å². The van der Waals surface area contributed by atoms with Crippen LogP contribution in [-0.2, 0) is 14.8 Å². The lowest BCUT2D eigenvalue weighted by atomic mass is 10.0. The second-order valence-corrected chi connectivity index (χ2v) is 9.68.